The van der Waals surface area contributed by atoms with Gasteiger partial charge in [0.25, 0.3) is 0 Å². The maximum Gasteiger partial charge on any atom is 0.174 e. The first kappa shape index (κ1) is 21.4. The molecule has 32 heavy (non-hydrogen) atoms. The summed E-state index contributed by atoms with van der Waals surface area (Å²) in [7, 11) is 0. The highest BCUT2D eigenvalue weighted by Crippen LogP contribution is 2.23. The number of nitrogens with zero attached hydrogens (tertiary/aromatic N) is 3. The molecule has 2 heterocycles. The van der Waals surface area contributed by atoms with Crippen molar-refractivity contribution < 1.29 is 13.6 Å². The molecule has 0 aliphatic heterocycles. The Kier molecular flexibility index (Phi) is 6.40. The maximum atomic E-state index is 13.8. The van der Waals surface area contributed by atoms with Crippen molar-refractivity contribution >= 4 is 5.78 Å². The molecule has 0 aliphatic carbocycles. The third-order valence-corrected chi connectivity index (χ3v) is 5.29. The second-order valence-electron chi connectivity index (χ2n) is 7.60. The van der Waals surface area contributed by atoms with Crippen LogP contribution in [0.15, 0.2) is 73.3 Å². The van der Waals surface area contributed by atoms with Gasteiger partial charge >= 0.3 is 0 Å². The van der Waals surface area contributed by atoms with Gasteiger partial charge in [0.1, 0.15) is 11.6 Å². The van der Waals surface area contributed by atoms with Crippen LogP contribution in [0.5, 0.6) is 0 Å². The Balaban J connectivity index is 1.49. The maximum absolute atomic E-state index is 13.8. The monoisotopic (exact) mass is 429 g/mol. The number of hydrogen-bond acceptors (Lipinski definition) is 4. The number of rotatable bonds is 7. The summed E-state index contributed by atoms with van der Waals surface area (Å²) >= 11 is 0. The molecule has 4 aromatic rings. The zero-order chi connectivity index (χ0) is 22.5. The topological polar surface area (TPSA) is 55.7 Å². The number of benzene rings is 2. The molecule has 0 radical (unpaired) electrons. The summed E-state index contributed by atoms with van der Waals surface area (Å²) < 4.78 is 27.7. The summed E-state index contributed by atoms with van der Waals surface area (Å²) in [6.07, 6.45) is 8.23. The van der Waals surface area contributed by atoms with Crippen LogP contribution >= 0.6 is 0 Å². The predicted octanol–water partition coefficient (Wildman–Crippen LogP) is 5.34. The van der Waals surface area contributed by atoms with Gasteiger partial charge < -0.3 is 0 Å². The average molecular weight is 429 g/mol. The summed E-state index contributed by atoms with van der Waals surface area (Å²) in [5.74, 6) is -2.42. The number of aromatic nitrogens is 3. The van der Waals surface area contributed by atoms with Gasteiger partial charge in [0, 0.05) is 24.2 Å². The number of aryl methyl sites for hydroxylation is 3. The molecule has 0 unspecified atom stereocenters. The number of ketones is 1. The van der Waals surface area contributed by atoms with Crippen LogP contribution in [0.4, 0.5) is 8.78 Å². The first-order valence-electron chi connectivity index (χ1n) is 10.3. The minimum atomic E-state index is -0.877. The van der Waals surface area contributed by atoms with E-state index in [4.69, 9.17) is 0 Å². The Bertz CT molecular complexity index is 1220. The van der Waals surface area contributed by atoms with Gasteiger partial charge in [0.15, 0.2) is 5.78 Å². The van der Waals surface area contributed by atoms with Gasteiger partial charge in [0.05, 0.1) is 29.6 Å². The molecule has 0 amide bonds. The molecule has 2 aromatic heterocycles. The van der Waals surface area contributed by atoms with Crippen molar-refractivity contribution in [2.75, 3.05) is 0 Å². The molecule has 4 nitrogen and oxygen atoms in total. The zero-order valence-corrected chi connectivity index (χ0v) is 17.6. The molecule has 0 spiro atoms. The van der Waals surface area contributed by atoms with E-state index in [0.717, 1.165) is 36.1 Å². The molecule has 160 valence electrons. The second-order valence-corrected chi connectivity index (χ2v) is 7.60. The molecule has 2 aromatic carbocycles. The van der Waals surface area contributed by atoms with Gasteiger partial charge in [-0.05, 0) is 60.7 Å². The standard InChI is InChI=1S/C26H21F2N3O/c1-17-7-8-18(9-10-19-4-3-11-29-14-19)12-21(17)24-16-30-20(15-31-24)13-25(32)26-22(27)5-2-6-23(26)28/h2-8,11-12,14-16H,9-10,13H2,1H3. The SMILES string of the molecule is Cc1ccc(CCc2cccnc2)cc1-c1cnc(CC(=O)c2c(F)cccc2F)cn1. The van der Waals surface area contributed by atoms with Crippen LogP contribution in [0.25, 0.3) is 11.3 Å². The Morgan fingerprint density at radius 3 is 2.34 bits per heavy atom. The quantitative estimate of drug-likeness (QED) is 0.372. The highest BCUT2D eigenvalue weighted by molar-refractivity contribution is 5.97. The van der Waals surface area contributed by atoms with Gasteiger partial charge in [-0.2, -0.15) is 0 Å². The minimum Gasteiger partial charge on any atom is -0.294 e. The van der Waals surface area contributed by atoms with Gasteiger partial charge in [0.2, 0.25) is 0 Å². The van der Waals surface area contributed by atoms with Gasteiger partial charge in [-0.15, -0.1) is 0 Å². The second kappa shape index (κ2) is 9.56. The minimum absolute atomic E-state index is 0.227. The molecule has 0 fully saturated rings. The molecule has 0 N–H and O–H groups in total. The van der Waals surface area contributed by atoms with Crippen LogP contribution in [0.3, 0.4) is 0 Å². The van der Waals surface area contributed by atoms with Crippen molar-refractivity contribution in [2.45, 2.75) is 26.2 Å². The zero-order valence-electron chi connectivity index (χ0n) is 17.6. The lowest BCUT2D eigenvalue weighted by atomic mass is 9.98. The van der Waals surface area contributed by atoms with Crippen LogP contribution in [0, 0.1) is 18.6 Å². The third-order valence-electron chi connectivity index (χ3n) is 5.29. The van der Waals surface area contributed by atoms with E-state index in [1.54, 1.807) is 12.4 Å². The van der Waals surface area contributed by atoms with Crippen LogP contribution in [-0.2, 0) is 19.3 Å². The highest BCUT2D eigenvalue weighted by atomic mass is 19.1. The Morgan fingerprint density at radius 2 is 1.66 bits per heavy atom. The van der Waals surface area contributed by atoms with Gasteiger partial charge in [-0.3, -0.25) is 19.7 Å². The molecule has 0 bridgehead atoms. The van der Waals surface area contributed by atoms with Crippen molar-refractivity contribution in [1.82, 2.24) is 15.0 Å². The fourth-order valence-corrected chi connectivity index (χ4v) is 3.54. The lowest BCUT2D eigenvalue weighted by Gasteiger charge is -2.09. The third kappa shape index (κ3) is 4.91. The lowest BCUT2D eigenvalue weighted by molar-refractivity contribution is 0.0983. The summed E-state index contributed by atoms with van der Waals surface area (Å²) in [5, 5.41) is 0. The fraction of sp³-hybridized carbons (Fsp3) is 0.154. The van der Waals surface area contributed by atoms with Gasteiger partial charge in [-0.25, -0.2) is 8.78 Å². The van der Waals surface area contributed by atoms with Crippen LogP contribution in [-0.4, -0.2) is 20.7 Å². The highest BCUT2D eigenvalue weighted by Gasteiger charge is 2.18. The van der Waals surface area contributed by atoms with E-state index in [9.17, 15) is 13.6 Å². The van der Waals surface area contributed by atoms with Crippen molar-refractivity contribution in [2.24, 2.45) is 0 Å². The van der Waals surface area contributed by atoms with E-state index in [1.807, 2.05) is 25.3 Å². The fourth-order valence-electron chi connectivity index (χ4n) is 3.54. The van der Waals surface area contributed by atoms with Gasteiger partial charge in [-0.1, -0.05) is 24.3 Å². The number of carbonyl (C=O) groups is 1. The summed E-state index contributed by atoms with van der Waals surface area (Å²) in [5.41, 5.74) is 4.85. The Labute approximate surface area is 185 Å². The number of hydrogen-bond donors (Lipinski definition) is 0. The largest absolute Gasteiger partial charge is 0.294 e. The molecular weight excluding hydrogens is 408 g/mol. The molecule has 0 aliphatic rings. The number of Topliss-reactive ketones (excluding diaryl/α,β-unsaturated/α-hetero) is 1. The molecule has 0 saturated heterocycles. The average Bonchev–Trinajstić information content (AvgIpc) is 2.80. The van der Waals surface area contributed by atoms with Crippen LogP contribution in [0.2, 0.25) is 0 Å². The molecule has 4 rings (SSSR count). The Morgan fingerprint density at radius 1 is 0.875 bits per heavy atom. The lowest BCUT2D eigenvalue weighted by Crippen LogP contribution is -2.10. The first-order valence-corrected chi connectivity index (χ1v) is 10.3. The van der Waals surface area contributed by atoms with Crippen molar-refractivity contribution in [1.29, 1.82) is 0 Å². The summed E-state index contributed by atoms with van der Waals surface area (Å²) in [6, 6.07) is 13.6. The molecular formula is C26H21F2N3O. The van der Waals surface area contributed by atoms with Crippen molar-refractivity contribution in [3.05, 3.63) is 113 Å². The Hall–Kier alpha value is -3.80. The number of halogens is 2. The summed E-state index contributed by atoms with van der Waals surface area (Å²) in [4.78, 5) is 25.3. The first-order chi connectivity index (χ1) is 15.5. The van der Waals surface area contributed by atoms with E-state index >= 15 is 0 Å². The molecule has 0 atom stereocenters. The van der Waals surface area contributed by atoms with E-state index in [2.05, 4.69) is 33.2 Å². The van der Waals surface area contributed by atoms with Crippen molar-refractivity contribution in [3.8, 4) is 11.3 Å². The van der Waals surface area contributed by atoms with E-state index in [1.165, 1.54) is 23.4 Å². The van der Waals surface area contributed by atoms with E-state index in [0.29, 0.717) is 11.4 Å². The number of pyridine rings is 1. The van der Waals surface area contributed by atoms with Crippen LogP contribution in [0.1, 0.15) is 32.7 Å². The van der Waals surface area contributed by atoms with Crippen LogP contribution < -0.4 is 0 Å². The smallest absolute Gasteiger partial charge is 0.174 e. The molecule has 6 heteroatoms. The summed E-state index contributed by atoms with van der Waals surface area (Å²) in [6.45, 7) is 2.00. The van der Waals surface area contributed by atoms with E-state index < -0.39 is 23.0 Å². The number of carbonyl (C=O) groups excluding carboxylic acids is 1. The normalized spacial score (nSPS) is 10.8. The van der Waals surface area contributed by atoms with E-state index in [-0.39, 0.29) is 6.42 Å². The molecule has 0 saturated carbocycles. The predicted molar refractivity (Wildman–Crippen MR) is 118 cm³/mol. The van der Waals surface area contributed by atoms with Crippen molar-refractivity contribution in [3.63, 3.8) is 0 Å².